The number of benzene rings is 2. The lowest BCUT2D eigenvalue weighted by Gasteiger charge is -2.26. The fourth-order valence-electron chi connectivity index (χ4n) is 3.03. The summed E-state index contributed by atoms with van der Waals surface area (Å²) >= 11 is 0. The van der Waals surface area contributed by atoms with Crippen LogP contribution in [0.5, 0.6) is 5.75 Å². The second-order valence-electron chi connectivity index (χ2n) is 7.02. The van der Waals surface area contributed by atoms with Gasteiger partial charge in [0.05, 0.1) is 5.92 Å². The number of hydrogen-bond donors (Lipinski definition) is 2. The number of rotatable bonds is 4. The Labute approximate surface area is 153 Å². The van der Waals surface area contributed by atoms with E-state index in [4.69, 9.17) is 4.74 Å². The van der Waals surface area contributed by atoms with Gasteiger partial charge in [0.15, 0.2) is 0 Å². The lowest BCUT2D eigenvalue weighted by molar-refractivity contribution is -0.126. The monoisotopic (exact) mass is 352 g/mol. The van der Waals surface area contributed by atoms with Crippen molar-refractivity contribution in [3.05, 3.63) is 59.2 Å². The Morgan fingerprint density at radius 2 is 1.96 bits per heavy atom. The van der Waals surface area contributed by atoms with E-state index in [1.807, 2.05) is 57.2 Å². The molecule has 26 heavy (non-hydrogen) atoms. The first-order chi connectivity index (χ1) is 12.4. The molecule has 0 unspecified atom stereocenters. The molecule has 1 aliphatic rings. The molecule has 0 saturated carbocycles. The fourth-order valence-corrected chi connectivity index (χ4v) is 3.03. The van der Waals surface area contributed by atoms with Crippen LogP contribution in [-0.4, -0.2) is 24.5 Å². The van der Waals surface area contributed by atoms with E-state index in [9.17, 15) is 9.59 Å². The summed E-state index contributed by atoms with van der Waals surface area (Å²) in [6.45, 7) is 6.21. The average Bonchev–Trinajstić information content (AvgIpc) is 2.60. The molecule has 1 aliphatic heterocycles. The van der Waals surface area contributed by atoms with Gasteiger partial charge >= 0.3 is 0 Å². The molecule has 0 radical (unpaired) electrons. The maximum Gasteiger partial charge on any atom is 0.255 e. The van der Waals surface area contributed by atoms with Crippen LogP contribution in [0.15, 0.2) is 42.5 Å². The summed E-state index contributed by atoms with van der Waals surface area (Å²) < 4.78 is 5.73. The van der Waals surface area contributed by atoms with Gasteiger partial charge < -0.3 is 15.4 Å². The van der Waals surface area contributed by atoms with Crippen molar-refractivity contribution < 1.29 is 14.3 Å². The first kappa shape index (κ1) is 18.0. The minimum absolute atomic E-state index is 0.000139. The Morgan fingerprint density at radius 1 is 1.15 bits per heavy atom. The van der Waals surface area contributed by atoms with Crippen molar-refractivity contribution in [3.8, 4) is 5.75 Å². The molecule has 0 spiro atoms. The highest BCUT2D eigenvalue weighted by Crippen LogP contribution is 2.30. The third-order valence-corrected chi connectivity index (χ3v) is 4.31. The van der Waals surface area contributed by atoms with E-state index < -0.39 is 0 Å². The molecule has 2 N–H and O–H groups in total. The molecule has 0 bridgehead atoms. The first-order valence-corrected chi connectivity index (χ1v) is 8.86. The van der Waals surface area contributed by atoms with Crippen molar-refractivity contribution in [2.75, 3.05) is 11.9 Å². The van der Waals surface area contributed by atoms with Crippen molar-refractivity contribution in [3.63, 3.8) is 0 Å². The third kappa shape index (κ3) is 4.23. The zero-order chi connectivity index (χ0) is 18.7. The Hall–Kier alpha value is -2.82. The molecule has 5 heteroatoms. The SMILES string of the molecule is Cc1cccc(C(=O)Nc2ccc3c(c2)C[C@H](C(=O)NC(C)C)CO3)c1. The predicted octanol–water partition coefficient (Wildman–Crippen LogP) is 3.32. The Balaban J connectivity index is 1.72. The van der Waals surface area contributed by atoms with Crippen LogP contribution in [0, 0.1) is 12.8 Å². The summed E-state index contributed by atoms with van der Waals surface area (Å²) in [6.07, 6.45) is 0.599. The number of fused-ring (bicyclic) bond motifs is 1. The standard InChI is InChI=1S/C21H24N2O3/c1-13(2)22-21(25)17-10-16-11-18(7-8-19(16)26-12-17)23-20(24)15-6-4-5-14(3)9-15/h4-9,11,13,17H,10,12H2,1-3H3,(H,22,25)(H,23,24)/t17-/m0/s1. The molecule has 3 rings (SSSR count). The van der Waals surface area contributed by atoms with Gasteiger partial charge in [-0.15, -0.1) is 0 Å². The zero-order valence-electron chi connectivity index (χ0n) is 15.3. The summed E-state index contributed by atoms with van der Waals surface area (Å²) in [7, 11) is 0. The lowest BCUT2D eigenvalue weighted by Crippen LogP contribution is -2.40. The van der Waals surface area contributed by atoms with Gasteiger partial charge in [0.25, 0.3) is 5.91 Å². The van der Waals surface area contributed by atoms with Crippen LogP contribution in [-0.2, 0) is 11.2 Å². The molecule has 0 aromatic heterocycles. The van der Waals surface area contributed by atoms with Crippen LogP contribution in [0.1, 0.15) is 35.3 Å². The van der Waals surface area contributed by atoms with Gasteiger partial charge in [0, 0.05) is 17.3 Å². The maximum absolute atomic E-state index is 12.4. The van der Waals surface area contributed by atoms with Gasteiger partial charge in [-0.1, -0.05) is 17.7 Å². The van der Waals surface area contributed by atoms with E-state index in [0.717, 1.165) is 16.9 Å². The van der Waals surface area contributed by atoms with Crippen LogP contribution in [0.25, 0.3) is 0 Å². The summed E-state index contributed by atoms with van der Waals surface area (Å²) in [5.41, 5.74) is 3.29. The minimum Gasteiger partial charge on any atom is -0.492 e. The van der Waals surface area contributed by atoms with Gasteiger partial charge in [-0.05, 0) is 63.1 Å². The van der Waals surface area contributed by atoms with Crippen LogP contribution in [0.2, 0.25) is 0 Å². The van der Waals surface area contributed by atoms with Crippen molar-refractivity contribution in [1.82, 2.24) is 5.32 Å². The number of hydrogen-bond acceptors (Lipinski definition) is 3. The number of ether oxygens (including phenoxy) is 1. The molecule has 0 aliphatic carbocycles. The number of aryl methyl sites for hydroxylation is 1. The Kier molecular flexibility index (Phi) is 5.26. The van der Waals surface area contributed by atoms with Gasteiger partial charge in [-0.2, -0.15) is 0 Å². The van der Waals surface area contributed by atoms with E-state index >= 15 is 0 Å². The van der Waals surface area contributed by atoms with Gasteiger partial charge in [-0.3, -0.25) is 9.59 Å². The summed E-state index contributed by atoms with van der Waals surface area (Å²) in [5, 5.41) is 5.84. The van der Waals surface area contributed by atoms with Crippen molar-refractivity contribution in [2.24, 2.45) is 5.92 Å². The van der Waals surface area contributed by atoms with Crippen LogP contribution >= 0.6 is 0 Å². The van der Waals surface area contributed by atoms with E-state index in [2.05, 4.69) is 10.6 Å². The summed E-state index contributed by atoms with van der Waals surface area (Å²) in [6, 6.07) is 13.1. The smallest absolute Gasteiger partial charge is 0.255 e. The Bertz CT molecular complexity index is 830. The molecule has 1 atom stereocenters. The summed E-state index contributed by atoms with van der Waals surface area (Å²) in [4.78, 5) is 24.7. The molecule has 2 aromatic carbocycles. The predicted molar refractivity (Wildman–Crippen MR) is 102 cm³/mol. The second-order valence-corrected chi connectivity index (χ2v) is 7.02. The first-order valence-electron chi connectivity index (χ1n) is 8.86. The minimum atomic E-state index is -0.215. The summed E-state index contributed by atoms with van der Waals surface area (Å²) in [5.74, 6) is 0.402. The zero-order valence-corrected chi connectivity index (χ0v) is 15.3. The Morgan fingerprint density at radius 3 is 2.69 bits per heavy atom. The molecule has 2 aromatic rings. The number of amides is 2. The number of nitrogens with one attached hydrogen (secondary N) is 2. The molecule has 5 nitrogen and oxygen atoms in total. The van der Waals surface area contributed by atoms with E-state index in [-0.39, 0.29) is 23.8 Å². The average molecular weight is 352 g/mol. The molecule has 2 amide bonds. The molecular weight excluding hydrogens is 328 g/mol. The van der Waals surface area contributed by atoms with E-state index in [0.29, 0.717) is 24.3 Å². The lowest BCUT2D eigenvalue weighted by atomic mass is 9.95. The number of carbonyl (C=O) groups is 2. The number of anilines is 1. The highest BCUT2D eigenvalue weighted by Gasteiger charge is 2.26. The van der Waals surface area contributed by atoms with E-state index in [1.54, 1.807) is 6.07 Å². The number of carbonyl (C=O) groups excluding carboxylic acids is 2. The quantitative estimate of drug-likeness (QED) is 0.887. The van der Waals surface area contributed by atoms with Gasteiger partial charge in [0.1, 0.15) is 12.4 Å². The van der Waals surface area contributed by atoms with Gasteiger partial charge in [-0.25, -0.2) is 0 Å². The second kappa shape index (κ2) is 7.60. The topological polar surface area (TPSA) is 67.4 Å². The molecule has 136 valence electrons. The molecule has 0 saturated heterocycles. The van der Waals surface area contributed by atoms with Crippen molar-refractivity contribution in [2.45, 2.75) is 33.2 Å². The van der Waals surface area contributed by atoms with Crippen LogP contribution in [0.4, 0.5) is 5.69 Å². The molecule has 1 heterocycles. The van der Waals surface area contributed by atoms with Gasteiger partial charge in [0.2, 0.25) is 5.91 Å². The third-order valence-electron chi connectivity index (χ3n) is 4.31. The largest absolute Gasteiger partial charge is 0.492 e. The van der Waals surface area contributed by atoms with Crippen LogP contribution < -0.4 is 15.4 Å². The van der Waals surface area contributed by atoms with Crippen molar-refractivity contribution in [1.29, 1.82) is 0 Å². The fraction of sp³-hybridized carbons (Fsp3) is 0.333. The highest BCUT2D eigenvalue weighted by atomic mass is 16.5. The van der Waals surface area contributed by atoms with Crippen LogP contribution in [0.3, 0.4) is 0 Å². The normalized spacial score (nSPS) is 15.8. The molecular formula is C21H24N2O3. The highest BCUT2D eigenvalue weighted by molar-refractivity contribution is 6.04. The molecule has 0 fully saturated rings. The maximum atomic E-state index is 12.4. The van der Waals surface area contributed by atoms with Crippen molar-refractivity contribution >= 4 is 17.5 Å². The van der Waals surface area contributed by atoms with E-state index in [1.165, 1.54) is 0 Å².